The lowest BCUT2D eigenvalue weighted by Crippen LogP contribution is -2.48. The minimum Gasteiger partial charge on any atom is -0.480 e. The van der Waals surface area contributed by atoms with E-state index in [9.17, 15) is 24.8 Å². The molecule has 0 bridgehead atoms. The normalized spacial score (nSPS) is 15.8. The van der Waals surface area contributed by atoms with Gasteiger partial charge in [-0.1, -0.05) is 13.0 Å². The molecule has 138 valence electrons. The number of hydrogen-bond acceptors (Lipinski definition) is 6. The maximum Gasteiger partial charge on any atom is 0.326 e. The first-order chi connectivity index (χ1) is 12.9. The van der Waals surface area contributed by atoms with E-state index >= 15 is 0 Å². The SMILES string of the molecule is CCC(C(=O)O)N1C(=O)/C(=C\c2ccccn2)Oc2cc([N+](=O)[O-])ccc21. The summed E-state index contributed by atoms with van der Waals surface area (Å²) in [7, 11) is 0. The van der Waals surface area contributed by atoms with Crippen molar-refractivity contribution in [3.8, 4) is 5.75 Å². The second kappa shape index (κ2) is 7.24. The van der Waals surface area contributed by atoms with Gasteiger partial charge in [0.25, 0.3) is 11.6 Å². The predicted octanol–water partition coefficient (Wildman–Crippen LogP) is 2.62. The van der Waals surface area contributed by atoms with Crippen molar-refractivity contribution < 1.29 is 24.4 Å². The fraction of sp³-hybridized carbons (Fsp3) is 0.167. The van der Waals surface area contributed by atoms with E-state index in [-0.39, 0.29) is 29.3 Å². The average Bonchev–Trinajstić information content (AvgIpc) is 2.65. The highest BCUT2D eigenvalue weighted by molar-refractivity contribution is 6.12. The number of aliphatic carboxylic acids is 1. The number of pyridine rings is 1. The fourth-order valence-corrected chi connectivity index (χ4v) is 2.75. The topological polar surface area (TPSA) is 123 Å². The fourth-order valence-electron chi connectivity index (χ4n) is 2.75. The smallest absolute Gasteiger partial charge is 0.326 e. The van der Waals surface area contributed by atoms with E-state index in [2.05, 4.69) is 4.98 Å². The molecular weight excluding hydrogens is 354 g/mol. The van der Waals surface area contributed by atoms with Crippen molar-refractivity contribution in [1.82, 2.24) is 4.98 Å². The van der Waals surface area contributed by atoms with Gasteiger partial charge in [-0.3, -0.25) is 24.8 Å². The Morgan fingerprint density at radius 3 is 2.78 bits per heavy atom. The van der Waals surface area contributed by atoms with Gasteiger partial charge in [0.1, 0.15) is 6.04 Å². The third kappa shape index (κ3) is 3.47. The maximum absolute atomic E-state index is 12.9. The Balaban J connectivity index is 2.15. The summed E-state index contributed by atoms with van der Waals surface area (Å²) in [5.74, 6) is -1.97. The van der Waals surface area contributed by atoms with Crippen molar-refractivity contribution in [3.05, 3.63) is 64.2 Å². The second-order valence-corrected chi connectivity index (χ2v) is 5.71. The summed E-state index contributed by atoms with van der Waals surface area (Å²) in [4.78, 5) is 40.2. The van der Waals surface area contributed by atoms with Crippen molar-refractivity contribution in [3.63, 3.8) is 0 Å². The molecule has 2 heterocycles. The molecule has 0 radical (unpaired) electrons. The summed E-state index contributed by atoms with van der Waals surface area (Å²) in [5, 5.41) is 20.6. The van der Waals surface area contributed by atoms with E-state index in [4.69, 9.17) is 4.74 Å². The predicted molar refractivity (Wildman–Crippen MR) is 95.1 cm³/mol. The molecule has 1 amide bonds. The summed E-state index contributed by atoms with van der Waals surface area (Å²) >= 11 is 0. The number of non-ortho nitro benzene ring substituents is 1. The van der Waals surface area contributed by atoms with Gasteiger partial charge in [-0.2, -0.15) is 0 Å². The Hall–Kier alpha value is -3.75. The van der Waals surface area contributed by atoms with Crippen LogP contribution in [0.15, 0.2) is 48.4 Å². The van der Waals surface area contributed by atoms with E-state index in [1.807, 2.05) is 0 Å². The number of nitro groups is 1. The van der Waals surface area contributed by atoms with Crippen LogP contribution in [0, 0.1) is 10.1 Å². The van der Waals surface area contributed by atoms with Crippen LogP contribution in [0.25, 0.3) is 6.08 Å². The van der Waals surface area contributed by atoms with Gasteiger partial charge in [0.2, 0.25) is 0 Å². The van der Waals surface area contributed by atoms with Crippen molar-refractivity contribution in [2.24, 2.45) is 0 Å². The van der Waals surface area contributed by atoms with E-state index in [1.54, 1.807) is 25.1 Å². The molecule has 1 aromatic carbocycles. The van der Waals surface area contributed by atoms with Gasteiger partial charge in [0.05, 0.1) is 22.4 Å². The summed E-state index contributed by atoms with van der Waals surface area (Å²) in [6.45, 7) is 1.63. The number of hydrogen-bond donors (Lipinski definition) is 1. The molecule has 9 nitrogen and oxygen atoms in total. The lowest BCUT2D eigenvalue weighted by molar-refractivity contribution is -0.384. The number of anilines is 1. The lowest BCUT2D eigenvalue weighted by Gasteiger charge is -2.34. The Labute approximate surface area is 153 Å². The van der Waals surface area contributed by atoms with E-state index < -0.39 is 22.8 Å². The molecule has 1 aliphatic rings. The molecule has 0 fully saturated rings. The van der Waals surface area contributed by atoms with Gasteiger partial charge >= 0.3 is 5.97 Å². The Morgan fingerprint density at radius 1 is 1.41 bits per heavy atom. The molecule has 0 saturated carbocycles. The number of benzene rings is 1. The third-order valence-corrected chi connectivity index (χ3v) is 4.01. The monoisotopic (exact) mass is 369 g/mol. The number of rotatable bonds is 5. The summed E-state index contributed by atoms with van der Waals surface area (Å²) < 4.78 is 5.58. The Morgan fingerprint density at radius 2 is 2.19 bits per heavy atom. The number of aromatic nitrogens is 1. The zero-order valence-electron chi connectivity index (χ0n) is 14.2. The number of carboxylic acids is 1. The number of ether oxygens (including phenoxy) is 1. The second-order valence-electron chi connectivity index (χ2n) is 5.71. The van der Waals surface area contributed by atoms with Crippen LogP contribution >= 0.6 is 0 Å². The van der Waals surface area contributed by atoms with Crippen LogP contribution in [-0.4, -0.2) is 32.9 Å². The van der Waals surface area contributed by atoms with Crippen molar-refractivity contribution in [1.29, 1.82) is 0 Å². The number of nitrogens with zero attached hydrogens (tertiary/aromatic N) is 3. The van der Waals surface area contributed by atoms with Crippen LogP contribution in [0.2, 0.25) is 0 Å². The molecule has 0 spiro atoms. The average molecular weight is 369 g/mol. The highest BCUT2D eigenvalue weighted by atomic mass is 16.6. The number of carboxylic acid groups (broad SMARTS) is 1. The van der Waals surface area contributed by atoms with Crippen LogP contribution in [0.5, 0.6) is 5.75 Å². The zero-order chi connectivity index (χ0) is 19.6. The molecule has 1 N–H and O–H groups in total. The first kappa shape index (κ1) is 18.1. The van der Waals surface area contributed by atoms with Gasteiger partial charge < -0.3 is 9.84 Å². The zero-order valence-corrected chi connectivity index (χ0v) is 14.2. The number of fused-ring (bicyclic) bond motifs is 1. The molecule has 1 aliphatic heterocycles. The first-order valence-corrected chi connectivity index (χ1v) is 8.07. The Bertz CT molecular complexity index is 941. The van der Waals surface area contributed by atoms with Gasteiger partial charge in [0, 0.05) is 18.3 Å². The Kier molecular flexibility index (Phi) is 4.84. The van der Waals surface area contributed by atoms with Gasteiger partial charge in [-0.25, -0.2) is 4.79 Å². The summed E-state index contributed by atoms with van der Waals surface area (Å²) in [5.41, 5.74) is 0.361. The summed E-state index contributed by atoms with van der Waals surface area (Å²) in [6, 6.07) is 7.59. The van der Waals surface area contributed by atoms with E-state index in [1.165, 1.54) is 24.4 Å². The van der Waals surface area contributed by atoms with Crippen LogP contribution in [0.4, 0.5) is 11.4 Å². The highest BCUT2D eigenvalue weighted by Gasteiger charge is 2.38. The molecule has 1 aromatic heterocycles. The number of carbonyl (C=O) groups is 2. The molecule has 1 unspecified atom stereocenters. The molecule has 3 rings (SSSR count). The maximum atomic E-state index is 12.9. The van der Waals surface area contributed by atoms with Gasteiger partial charge in [0.15, 0.2) is 11.5 Å². The lowest BCUT2D eigenvalue weighted by atomic mass is 10.1. The minimum atomic E-state index is -1.19. The molecule has 2 aromatic rings. The van der Waals surface area contributed by atoms with Crippen LogP contribution in [0.3, 0.4) is 0 Å². The third-order valence-electron chi connectivity index (χ3n) is 4.01. The molecule has 9 heteroatoms. The number of carbonyl (C=O) groups excluding carboxylic acids is 1. The van der Waals surface area contributed by atoms with Crippen LogP contribution in [0.1, 0.15) is 19.0 Å². The van der Waals surface area contributed by atoms with E-state index in [0.29, 0.717) is 5.69 Å². The van der Waals surface area contributed by atoms with Crippen LogP contribution in [-0.2, 0) is 9.59 Å². The van der Waals surface area contributed by atoms with Crippen molar-refractivity contribution in [2.75, 3.05) is 4.90 Å². The van der Waals surface area contributed by atoms with E-state index in [0.717, 1.165) is 11.0 Å². The molecule has 0 aliphatic carbocycles. The highest BCUT2D eigenvalue weighted by Crippen LogP contribution is 2.39. The molecular formula is C18H15N3O6. The largest absolute Gasteiger partial charge is 0.480 e. The van der Waals surface area contributed by atoms with Gasteiger partial charge in [-0.05, 0) is 24.6 Å². The molecule has 27 heavy (non-hydrogen) atoms. The molecule has 1 atom stereocenters. The summed E-state index contributed by atoms with van der Waals surface area (Å²) in [6.07, 6.45) is 3.04. The quantitative estimate of drug-likeness (QED) is 0.488. The van der Waals surface area contributed by atoms with Crippen molar-refractivity contribution >= 4 is 29.3 Å². The first-order valence-electron chi connectivity index (χ1n) is 8.07. The standard InChI is InChI=1S/C18H15N3O6/c1-2-13(18(23)24)20-14-7-6-12(21(25)26)10-15(14)27-16(17(20)22)9-11-5-3-4-8-19-11/h3-10,13H,2H2,1H3,(H,23,24)/b16-9+. The molecule has 0 saturated heterocycles. The minimum absolute atomic E-state index is 0.0330. The van der Waals surface area contributed by atoms with Gasteiger partial charge in [-0.15, -0.1) is 0 Å². The van der Waals surface area contributed by atoms with Crippen molar-refractivity contribution in [2.45, 2.75) is 19.4 Å². The number of amides is 1. The van der Waals surface area contributed by atoms with Crippen LogP contribution < -0.4 is 9.64 Å². The number of nitro benzene ring substituents is 1.